The van der Waals surface area contributed by atoms with Crippen LogP contribution >= 0.6 is 0 Å². The molecular weight excluding hydrogens is 144 g/mol. The molecule has 0 nitrogen and oxygen atoms in total. The highest BCUT2D eigenvalue weighted by molar-refractivity contribution is 5.01. The summed E-state index contributed by atoms with van der Waals surface area (Å²) >= 11 is 0. The zero-order chi connectivity index (χ0) is 8.29. The van der Waals surface area contributed by atoms with Gasteiger partial charge in [-0.2, -0.15) is 0 Å². The predicted octanol–water partition coefficient (Wildman–Crippen LogP) is 3.32. The molecule has 0 aromatic carbocycles. The average molecular weight is 164 g/mol. The summed E-state index contributed by atoms with van der Waals surface area (Å²) < 4.78 is 0. The molecule has 0 aliphatic heterocycles. The Balaban J connectivity index is 1.88. The van der Waals surface area contributed by atoms with E-state index in [-0.39, 0.29) is 0 Å². The van der Waals surface area contributed by atoms with Crippen LogP contribution in [-0.4, -0.2) is 0 Å². The van der Waals surface area contributed by atoms with E-state index in [0.29, 0.717) is 0 Å². The maximum atomic E-state index is 2.50. The monoisotopic (exact) mass is 164 g/mol. The van der Waals surface area contributed by atoms with Gasteiger partial charge < -0.3 is 0 Å². The van der Waals surface area contributed by atoms with Crippen molar-refractivity contribution in [2.24, 2.45) is 35.5 Å². The Morgan fingerprint density at radius 2 is 1.42 bits per heavy atom. The molecule has 3 fully saturated rings. The van der Waals surface area contributed by atoms with Gasteiger partial charge in [0.1, 0.15) is 0 Å². The van der Waals surface area contributed by atoms with E-state index in [9.17, 15) is 0 Å². The molecule has 2 bridgehead atoms. The fourth-order valence-corrected chi connectivity index (χ4v) is 4.28. The molecule has 0 heteroatoms. The van der Waals surface area contributed by atoms with Crippen LogP contribution in [0.1, 0.15) is 39.5 Å². The minimum absolute atomic E-state index is 1.02. The average Bonchev–Trinajstić information content (AvgIpc) is 2.32. The first kappa shape index (κ1) is 7.41. The molecule has 0 N–H and O–H groups in total. The van der Waals surface area contributed by atoms with Crippen LogP contribution in [0.15, 0.2) is 0 Å². The van der Waals surface area contributed by atoms with Gasteiger partial charge in [0.25, 0.3) is 0 Å². The molecule has 0 aromatic rings. The molecule has 3 aliphatic carbocycles. The highest BCUT2D eigenvalue weighted by Gasteiger charge is 2.51. The zero-order valence-electron chi connectivity index (χ0n) is 8.29. The number of hydrogen-bond acceptors (Lipinski definition) is 0. The summed E-state index contributed by atoms with van der Waals surface area (Å²) in [6.07, 6.45) is 6.34. The Morgan fingerprint density at radius 1 is 0.750 bits per heavy atom. The first-order valence-corrected chi connectivity index (χ1v) is 5.75. The van der Waals surface area contributed by atoms with E-state index >= 15 is 0 Å². The van der Waals surface area contributed by atoms with Gasteiger partial charge in [-0.15, -0.1) is 0 Å². The quantitative estimate of drug-likeness (QED) is 0.515. The lowest BCUT2D eigenvalue weighted by Crippen LogP contribution is -2.34. The highest BCUT2D eigenvalue weighted by atomic mass is 14.6. The molecule has 6 unspecified atom stereocenters. The largest absolute Gasteiger partial charge is 0.0622 e. The number of hydrogen-bond donors (Lipinski definition) is 0. The molecular formula is C12H20. The summed E-state index contributed by atoms with van der Waals surface area (Å²) in [5, 5.41) is 0. The van der Waals surface area contributed by atoms with Crippen LogP contribution in [0.4, 0.5) is 0 Å². The zero-order valence-corrected chi connectivity index (χ0v) is 8.29. The Morgan fingerprint density at radius 3 is 2.25 bits per heavy atom. The molecule has 68 valence electrons. The maximum absolute atomic E-state index is 2.50. The van der Waals surface area contributed by atoms with Gasteiger partial charge in [-0.05, 0) is 61.2 Å². The summed E-state index contributed by atoms with van der Waals surface area (Å²) in [5.41, 5.74) is 0. The van der Waals surface area contributed by atoms with Gasteiger partial charge in [0, 0.05) is 0 Å². The molecule has 0 saturated heterocycles. The topological polar surface area (TPSA) is 0 Å². The highest BCUT2D eigenvalue weighted by Crippen LogP contribution is 2.60. The third-order valence-electron chi connectivity index (χ3n) is 5.31. The van der Waals surface area contributed by atoms with E-state index in [2.05, 4.69) is 13.8 Å². The SMILES string of the molecule is CC1CC2CC3CC(CC23)C1C. The van der Waals surface area contributed by atoms with Crippen molar-refractivity contribution in [2.75, 3.05) is 0 Å². The molecule has 6 atom stereocenters. The van der Waals surface area contributed by atoms with Crippen LogP contribution in [0.2, 0.25) is 0 Å². The lowest BCUT2D eigenvalue weighted by molar-refractivity contribution is 0.0691. The van der Waals surface area contributed by atoms with Crippen molar-refractivity contribution in [1.82, 2.24) is 0 Å². The molecule has 12 heavy (non-hydrogen) atoms. The summed E-state index contributed by atoms with van der Waals surface area (Å²) in [6.45, 7) is 4.99. The van der Waals surface area contributed by atoms with Crippen molar-refractivity contribution >= 4 is 0 Å². The van der Waals surface area contributed by atoms with Crippen LogP contribution in [0, 0.1) is 35.5 Å². The van der Waals surface area contributed by atoms with Crippen LogP contribution in [0.25, 0.3) is 0 Å². The van der Waals surface area contributed by atoms with E-state index in [0.717, 1.165) is 23.7 Å². The van der Waals surface area contributed by atoms with E-state index in [4.69, 9.17) is 0 Å². The summed E-state index contributed by atoms with van der Waals surface area (Å²) in [5.74, 6) is 6.67. The Bertz CT molecular complexity index is 196. The van der Waals surface area contributed by atoms with Crippen molar-refractivity contribution < 1.29 is 0 Å². The van der Waals surface area contributed by atoms with Crippen molar-refractivity contribution in [3.8, 4) is 0 Å². The first-order chi connectivity index (χ1) is 5.75. The first-order valence-electron chi connectivity index (χ1n) is 5.75. The van der Waals surface area contributed by atoms with Crippen LogP contribution in [0.5, 0.6) is 0 Å². The molecule has 0 radical (unpaired) electrons. The van der Waals surface area contributed by atoms with E-state index < -0.39 is 0 Å². The predicted molar refractivity (Wildman–Crippen MR) is 50.8 cm³/mol. The smallest absolute Gasteiger partial charge is 0.0354 e. The van der Waals surface area contributed by atoms with Gasteiger partial charge in [0.05, 0.1) is 0 Å². The normalized spacial score (nSPS) is 62.5. The van der Waals surface area contributed by atoms with Crippen LogP contribution in [-0.2, 0) is 0 Å². The third-order valence-corrected chi connectivity index (χ3v) is 5.31. The van der Waals surface area contributed by atoms with Crippen molar-refractivity contribution in [3.63, 3.8) is 0 Å². The Labute approximate surface area is 75.7 Å². The summed E-state index contributed by atoms with van der Waals surface area (Å²) in [7, 11) is 0. The standard InChI is InChI=1S/C12H20/c1-7-3-10-5-11-4-9(8(7)2)6-12(10)11/h7-12H,3-6H2,1-2H3. The van der Waals surface area contributed by atoms with E-state index in [1.165, 1.54) is 11.8 Å². The van der Waals surface area contributed by atoms with E-state index in [1.54, 1.807) is 25.7 Å². The molecule has 0 aromatic heterocycles. The van der Waals surface area contributed by atoms with Crippen molar-refractivity contribution in [1.29, 1.82) is 0 Å². The molecule has 3 rings (SSSR count). The lowest BCUT2D eigenvalue weighted by Gasteiger charge is -2.43. The van der Waals surface area contributed by atoms with Gasteiger partial charge in [-0.1, -0.05) is 13.8 Å². The number of rotatable bonds is 0. The maximum Gasteiger partial charge on any atom is -0.0354 e. The van der Waals surface area contributed by atoms with Crippen molar-refractivity contribution in [2.45, 2.75) is 39.5 Å². The molecule has 0 amide bonds. The van der Waals surface area contributed by atoms with Crippen LogP contribution in [0.3, 0.4) is 0 Å². The molecule has 3 saturated carbocycles. The second kappa shape index (κ2) is 2.27. The third kappa shape index (κ3) is 0.791. The number of fused-ring (bicyclic) bond motifs is 1. The molecule has 0 spiro atoms. The van der Waals surface area contributed by atoms with Crippen molar-refractivity contribution in [3.05, 3.63) is 0 Å². The fraction of sp³-hybridized carbons (Fsp3) is 1.00. The van der Waals surface area contributed by atoms with Gasteiger partial charge in [0.15, 0.2) is 0 Å². The van der Waals surface area contributed by atoms with Gasteiger partial charge in [0.2, 0.25) is 0 Å². The second-order valence-electron chi connectivity index (χ2n) is 5.72. The lowest BCUT2D eigenvalue weighted by atomic mass is 9.63. The molecule has 3 aliphatic rings. The minimum atomic E-state index is 1.02. The molecule has 0 heterocycles. The van der Waals surface area contributed by atoms with E-state index in [1.807, 2.05) is 0 Å². The van der Waals surface area contributed by atoms with Gasteiger partial charge >= 0.3 is 0 Å². The van der Waals surface area contributed by atoms with Gasteiger partial charge in [-0.3, -0.25) is 0 Å². The summed E-state index contributed by atoms with van der Waals surface area (Å²) in [6, 6.07) is 0. The minimum Gasteiger partial charge on any atom is -0.0622 e. The Hall–Kier alpha value is 0. The second-order valence-corrected chi connectivity index (χ2v) is 5.72. The van der Waals surface area contributed by atoms with Gasteiger partial charge in [-0.25, -0.2) is 0 Å². The fourth-order valence-electron chi connectivity index (χ4n) is 4.28. The Kier molecular flexibility index (Phi) is 1.40. The summed E-state index contributed by atoms with van der Waals surface area (Å²) in [4.78, 5) is 0. The van der Waals surface area contributed by atoms with Crippen LogP contribution < -0.4 is 0 Å².